The molecule has 0 N–H and O–H groups in total. The fourth-order valence-electron chi connectivity index (χ4n) is 4.35. The van der Waals surface area contributed by atoms with Crippen molar-refractivity contribution in [1.82, 2.24) is 9.66 Å². The number of methoxy groups -OCH3 is 1. The Hall–Kier alpha value is -3.86. The molecule has 0 aliphatic heterocycles. The second-order valence-electron chi connectivity index (χ2n) is 9.02. The summed E-state index contributed by atoms with van der Waals surface area (Å²) < 4.78 is 19.8. The van der Waals surface area contributed by atoms with E-state index in [0.29, 0.717) is 55.2 Å². The number of aromatic nitrogens is 2. The molecule has 6 aromatic rings. The van der Waals surface area contributed by atoms with Crippen LogP contribution in [-0.4, -0.2) is 23.0 Å². The number of hydrogen-bond acceptors (Lipinski definition) is 6. The van der Waals surface area contributed by atoms with Crippen LogP contribution in [0.5, 0.6) is 11.5 Å². The quantitative estimate of drug-likeness (QED) is 0.124. The Kier molecular flexibility index (Phi) is 7.70. The van der Waals surface area contributed by atoms with Gasteiger partial charge >= 0.3 is 0 Å². The van der Waals surface area contributed by atoms with E-state index in [9.17, 15) is 4.79 Å². The van der Waals surface area contributed by atoms with Crippen LogP contribution in [-0.2, 0) is 6.61 Å². The maximum absolute atomic E-state index is 13.6. The standard InChI is InChI=1S/C31H20Cl2IN3O4/c1-39-27-13-18(12-24(34)29(27)40-17-20-10-11-21(32)15-23(20)33)16-35-37-30(28-14-19-6-2-5-9-26(19)41-28)36-25-8-4-3-7-22(25)31(37)38/h2-16H,17H2,1H3. The number of furan rings is 1. The highest BCUT2D eigenvalue weighted by Gasteiger charge is 2.17. The molecule has 4 aromatic carbocycles. The van der Waals surface area contributed by atoms with Gasteiger partial charge in [-0.05, 0) is 76.7 Å². The van der Waals surface area contributed by atoms with Gasteiger partial charge in [0, 0.05) is 21.0 Å². The number of ether oxygens (including phenoxy) is 2. The fourth-order valence-corrected chi connectivity index (χ4v) is 5.59. The van der Waals surface area contributed by atoms with Gasteiger partial charge in [0.05, 0.1) is 27.8 Å². The summed E-state index contributed by atoms with van der Waals surface area (Å²) in [6.45, 7) is 0.231. The van der Waals surface area contributed by atoms with Crippen LogP contribution >= 0.6 is 45.8 Å². The van der Waals surface area contributed by atoms with Crippen molar-refractivity contribution >= 4 is 73.9 Å². The molecule has 2 aromatic heterocycles. The molecule has 0 radical (unpaired) electrons. The van der Waals surface area contributed by atoms with Crippen molar-refractivity contribution in [2.24, 2.45) is 5.10 Å². The number of para-hydroxylation sites is 2. The molecule has 0 saturated carbocycles. The lowest BCUT2D eigenvalue weighted by molar-refractivity contribution is 0.282. The molecule has 0 aliphatic carbocycles. The number of benzene rings is 4. The molecule has 0 spiro atoms. The van der Waals surface area contributed by atoms with Crippen molar-refractivity contribution in [2.45, 2.75) is 6.61 Å². The Morgan fingerprint density at radius 3 is 2.63 bits per heavy atom. The summed E-state index contributed by atoms with van der Waals surface area (Å²) in [5.41, 5.74) is 2.41. The maximum Gasteiger partial charge on any atom is 0.282 e. The average molecular weight is 696 g/mol. The van der Waals surface area contributed by atoms with Crippen LogP contribution in [0.2, 0.25) is 10.0 Å². The first kappa shape index (κ1) is 27.3. The third-order valence-electron chi connectivity index (χ3n) is 6.36. The lowest BCUT2D eigenvalue weighted by Gasteiger charge is -2.14. The largest absolute Gasteiger partial charge is 0.493 e. The molecule has 7 nitrogen and oxygen atoms in total. The molecule has 0 bridgehead atoms. The molecule has 0 fully saturated rings. The summed E-state index contributed by atoms with van der Waals surface area (Å²) in [5.74, 6) is 1.79. The molecule has 10 heteroatoms. The zero-order valence-corrected chi connectivity index (χ0v) is 25.1. The van der Waals surface area contributed by atoms with E-state index in [1.807, 2.05) is 48.5 Å². The third-order valence-corrected chi connectivity index (χ3v) is 7.75. The Morgan fingerprint density at radius 2 is 1.83 bits per heavy atom. The van der Waals surface area contributed by atoms with Crippen molar-refractivity contribution in [1.29, 1.82) is 0 Å². The number of rotatable bonds is 7. The smallest absolute Gasteiger partial charge is 0.282 e. The van der Waals surface area contributed by atoms with Crippen LogP contribution in [0.4, 0.5) is 0 Å². The minimum Gasteiger partial charge on any atom is -0.493 e. The molecule has 0 amide bonds. The topological polar surface area (TPSA) is 78.9 Å². The number of nitrogens with zero attached hydrogens (tertiary/aromatic N) is 3. The summed E-state index contributed by atoms with van der Waals surface area (Å²) in [4.78, 5) is 18.3. The second-order valence-corrected chi connectivity index (χ2v) is 11.0. The minimum absolute atomic E-state index is 0.231. The lowest BCUT2D eigenvalue weighted by Crippen LogP contribution is -2.20. The number of hydrogen-bond donors (Lipinski definition) is 0. The summed E-state index contributed by atoms with van der Waals surface area (Å²) >= 11 is 14.5. The molecular formula is C31H20Cl2IN3O4. The van der Waals surface area contributed by atoms with Gasteiger partial charge in [0.2, 0.25) is 5.82 Å². The highest BCUT2D eigenvalue weighted by atomic mass is 127. The highest BCUT2D eigenvalue weighted by Crippen LogP contribution is 2.35. The predicted molar refractivity (Wildman–Crippen MR) is 171 cm³/mol. The average Bonchev–Trinajstić information content (AvgIpc) is 3.41. The van der Waals surface area contributed by atoms with Gasteiger partial charge in [-0.15, -0.1) is 0 Å². The number of fused-ring (bicyclic) bond motifs is 2. The molecule has 0 atom stereocenters. The summed E-state index contributed by atoms with van der Waals surface area (Å²) in [6.07, 6.45) is 1.58. The normalized spacial score (nSPS) is 11.5. The lowest BCUT2D eigenvalue weighted by atomic mass is 10.2. The van der Waals surface area contributed by atoms with Crippen LogP contribution in [0.15, 0.2) is 99.2 Å². The van der Waals surface area contributed by atoms with Crippen LogP contribution in [0.3, 0.4) is 0 Å². The van der Waals surface area contributed by atoms with Crippen molar-refractivity contribution in [3.63, 3.8) is 0 Å². The molecular weight excluding hydrogens is 676 g/mol. The van der Waals surface area contributed by atoms with Crippen molar-refractivity contribution in [3.8, 4) is 23.1 Å². The molecule has 41 heavy (non-hydrogen) atoms. The van der Waals surface area contributed by atoms with E-state index in [1.165, 1.54) is 4.68 Å². The van der Waals surface area contributed by atoms with Gasteiger partial charge in [-0.2, -0.15) is 9.78 Å². The van der Waals surface area contributed by atoms with Gasteiger partial charge in [0.1, 0.15) is 12.2 Å². The Labute approximate surface area is 258 Å². The van der Waals surface area contributed by atoms with E-state index in [0.717, 1.165) is 14.5 Å². The van der Waals surface area contributed by atoms with Gasteiger partial charge in [-0.1, -0.05) is 59.6 Å². The second kappa shape index (κ2) is 11.6. The SMILES string of the molecule is COc1cc(C=Nn2c(-c3cc4ccccc4o3)nc3ccccc3c2=O)cc(I)c1OCc1ccc(Cl)cc1Cl. The first-order valence-electron chi connectivity index (χ1n) is 12.4. The monoisotopic (exact) mass is 695 g/mol. The fraction of sp³-hybridized carbons (Fsp3) is 0.0645. The van der Waals surface area contributed by atoms with Gasteiger partial charge in [-0.25, -0.2) is 4.98 Å². The van der Waals surface area contributed by atoms with Crippen molar-refractivity contribution in [2.75, 3.05) is 7.11 Å². The van der Waals surface area contributed by atoms with Crippen LogP contribution in [0, 0.1) is 3.57 Å². The molecule has 0 aliphatic rings. The Balaban J connectivity index is 1.38. The van der Waals surface area contributed by atoms with Crippen LogP contribution < -0.4 is 15.0 Å². The zero-order valence-electron chi connectivity index (χ0n) is 21.5. The van der Waals surface area contributed by atoms with E-state index in [1.54, 1.807) is 49.7 Å². The zero-order chi connectivity index (χ0) is 28.5. The van der Waals surface area contributed by atoms with Gasteiger partial charge in [0.25, 0.3) is 5.56 Å². The first-order valence-corrected chi connectivity index (χ1v) is 14.2. The van der Waals surface area contributed by atoms with E-state index >= 15 is 0 Å². The highest BCUT2D eigenvalue weighted by molar-refractivity contribution is 14.1. The number of halogens is 3. The van der Waals surface area contributed by atoms with Crippen molar-refractivity contribution < 1.29 is 13.9 Å². The summed E-state index contributed by atoms with van der Waals surface area (Å²) in [6, 6.07) is 25.5. The van der Waals surface area contributed by atoms with E-state index in [2.05, 4.69) is 27.7 Å². The first-order chi connectivity index (χ1) is 19.9. The molecule has 0 saturated heterocycles. The van der Waals surface area contributed by atoms with E-state index in [4.69, 9.17) is 42.1 Å². The van der Waals surface area contributed by atoms with Gasteiger partial charge < -0.3 is 13.9 Å². The van der Waals surface area contributed by atoms with E-state index in [-0.39, 0.29) is 12.2 Å². The van der Waals surface area contributed by atoms with Crippen molar-refractivity contribution in [3.05, 3.63) is 120 Å². The predicted octanol–water partition coefficient (Wildman–Crippen LogP) is 8.19. The third kappa shape index (κ3) is 5.55. The summed E-state index contributed by atoms with van der Waals surface area (Å²) in [5, 5.41) is 6.98. The van der Waals surface area contributed by atoms with Crippen LogP contribution in [0.25, 0.3) is 33.5 Å². The summed E-state index contributed by atoms with van der Waals surface area (Å²) in [7, 11) is 1.56. The Bertz CT molecular complexity index is 1990. The molecule has 2 heterocycles. The molecule has 204 valence electrons. The maximum atomic E-state index is 13.6. The Morgan fingerprint density at radius 1 is 1.02 bits per heavy atom. The van der Waals surface area contributed by atoms with Gasteiger partial charge in [0.15, 0.2) is 17.3 Å². The molecule has 6 rings (SSSR count). The van der Waals surface area contributed by atoms with Gasteiger partial charge in [-0.3, -0.25) is 4.79 Å². The molecule has 0 unspecified atom stereocenters. The van der Waals surface area contributed by atoms with Crippen LogP contribution in [0.1, 0.15) is 11.1 Å². The minimum atomic E-state index is -0.316. The van der Waals surface area contributed by atoms with E-state index < -0.39 is 0 Å².